The summed E-state index contributed by atoms with van der Waals surface area (Å²) in [6.45, 7) is 4.15. The van der Waals surface area contributed by atoms with Crippen molar-refractivity contribution in [3.8, 4) is 0 Å². The lowest BCUT2D eigenvalue weighted by Crippen LogP contribution is -2.49. The van der Waals surface area contributed by atoms with Gasteiger partial charge in [-0.25, -0.2) is 13.6 Å². The highest BCUT2D eigenvalue weighted by atomic mass is 19.2. The molecule has 9 nitrogen and oxygen atoms in total. The minimum absolute atomic E-state index is 0.0990. The quantitative estimate of drug-likeness (QED) is 0.749. The van der Waals surface area contributed by atoms with Crippen LogP contribution in [0.15, 0.2) is 18.2 Å². The molecule has 1 aromatic heterocycles. The lowest BCUT2D eigenvalue weighted by Gasteiger charge is -2.37. The van der Waals surface area contributed by atoms with Gasteiger partial charge in [0.1, 0.15) is 0 Å². The maximum absolute atomic E-state index is 13.5. The monoisotopic (exact) mass is 395 g/mol. The second-order valence-electron chi connectivity index (χ2n) is 6.60. The van der Waals surface area contributed by atoms with Gasteiger partial charge in [0.25, 0.3) is 0 Å². The number of ether oxygens (including phenoxy) is 1. The molecule has 1 aliphatic heterocycles. The Morgan fingerprint density at radius 1 is 1.36 bits per heavy atom. The highest BCUT2D eigenvalue weighted by molar-refractivity contribution is 5.73. The molecule has 2 N–H and O–H groups in total. The van der Waals surface area contributed by atoms with E-state index in [2.05, 4.69) is 30.9 Å². The number of nitrogens with zero attached hydrogens (tertiary/aromatic N) is 5. The molecule has 2 heterocycles. The van der Waals surface area contributed by atoms with Crippen LogP contribution in [0.25, 0.3) is 0 Å². The third-order valence-electron chi connectivity index (χ3n) is 4.59. The van der Waals surface area contributed by atoms with Crippen molar-refractivity contribution < 1.29 is 18.3 Å². The summed E-state index contributed by atoms with van der Waals surface area (Å²) in [5.41, 5.74) is 0.696. The number of nitrogens with one attached hydrogen (secondary N) is 2. The van der Waals surface area contributed by atoms with E-state index >= 15 is 0 Å². The molecule has 0 spiro atoms. The number of carbonyl (C=O) groups excluding carboxylic acids is 1. The molecular formula is C17H23F2N7O2. The first-order chi connectivity index (χ1) is 13.4. The predicted molar refractivity (Wildman–Crippen MR) is 95.1 cm³/mol. The van der Waals surface area contributed by atoms with E-state index in [1.54, 1.807) is 13.1 Å². The average Bonchev–Trinajstić information content (AvgIpc) is 3.12. The zero-order valence-electron chi connectivity index (χ0n) is 15.7. The molecule has 1 saturated heterocycles. The fraction of sp³-hybridized carbons (Fsp3) is 0.529. The molecule has 11 heteroatoms. The third kappa shape index (κ3) is 5.20. The largest absolute Gasteiger partial charge is 0.374 e. The van der Waals surface area contributed by atoms with E-state index in [1.807, 2.05) is 6.92 Å². The summed E-state index contributed by atoms with van der Waals surface area (Å²) in [7, 11) is 1.64. The Labute approximate surface area is 161 Å². The molecule has 2 amide bonds. The van der Waals surface area contributed by atoms with Crippen LogP contribution in [0.2, 0.25) is 0 Å². The first-order valence-corrected chi connectivity index (χ1v) is 8.97. The van der Waals surface area contributed by atoms with Gasteiger partial charge in [-0.3, -0.25) is 4.90 Å². The minimum atomic E-state index is -0.859. The van der Waals surface area contributed by atoms with Crippen molar-refractivity contribution in [2.75, 3.05) is 26.2 Å². The normalized spacial score (nSPS) is 18.6. The van der Waals surface area contributed by atoms with Crippen LogP contribution in [0.5, 0.6) is 0 Å². The summed E-state index contributed by atoms with van der Waals surface area (Å²) in [5.74, 6) is -1.30. The van der Waals surface area contributed by atoms with Gasteiger partial charge in [0.15, 0.2) is 17.5 Å². The Balaban J connectivity index is 1.46. The van der Waals surface area contributed by atoms with Crippen LogP contribution < -0.4 is 10.6 Å². The smallest absolute Gasteiger partial charge is 0.315 e. The fourth-order valence-corrected chi connectivity index (χ4v) is 3.02. The summed E-state index contributed by atoms with van der Waals surface area (Å²) in [6, 6.07) is 3.48. The number of carbonyl (C=O) groups is 1. The maximum Gasteiger partial charge on any atom is 0.315 e. The molecule has 3 rings (SSSR count). The van der Waals surface area contributed by atoms with E-state index in [9.17, 15) is 13.6 Å². The maximum atomic E-state index is 13.5. The van der Waals surface area contributed by atoms with Crippen LogP contribution in [0.4, 0.5) is 13.6 Å². The number of hydrogen-bond donors (Lipinski definition) is 2. The summed E-state index contributed by atoms with van der Waals surface area (Å²) in [5, 5.41) is 16.8. The Bertz CT molecular complexity index is 817. The molecule has 0 bridgehead atoms. The molecular weight excluding hydrogens is 372 g/mol. The zero-order valence-corrected chi connectivity index (χ0v) is 15.7. The predicted octanol–water partition coefficient (Wildman–Crippen LogP) is 0.749. The molecule has 28 heavy (non-hydrogen) atoms. The molecule has 152 valence electrons. The first kappa shape index (κ1) is 20.1. The van der Waals surface area contributed by atoms with Gasteiger partial charge in [0.2, 0.25) is 0 Å². The number of halogens is 2. The van der Waals surface area contributed by atoms with E-state index in [0.29, 0.717) is 37.6 Å². The van der Waals surface area contributed by atoms with Gasteiger partial charge >= 0.3 is 6.03 Å². The molecule has 1 aromatic carbocycles. The van der Waals surface area contributed by atoms with E-state index in [-0.39, 0.29) is 24.7 Å². The Kier molecular flexibility index (Phi) is 6.47. The van der Waals surface area contributed by atoms with Gasteiger partial charge in [-0.2, -0.15) is 4.80 Å². The molecule has 0 radical (unpaired) electrons. The van der Waals surface area contributed by atoms with Gasteiger partial charge in [0, 0.05) is 25.7 Å². The van der Waals surface area contributed by atoms with E-state index < -0.39 is 11.6 Å². The van der Waals surface area contributed by atoms with Gasteiger partial charge in [-0.1, -0.05) is 6.07 Å². The number of tetrazole rings is 1. The third-order valence-corrected chi connectivity index (χ3v) is 4.59. The topological polar surface area (TPSA) is 97.2 Å². The lowest BCUT2D eigenvalue weighted by molar-refractivity contribution is -0.0389. The average molecular weight is 395 g/mol. The number of hydrogen-bond acceptors (Lipinski definition) is 6. The SMILES string of the molecule is CC(c1ccc(F)c(F)c1)N1CCO[C@@H](CNC(=O)NCc2nnn(C)n2)C1. The van der Waals surface area contributed by atoms with Crippen LogP contribution in [0.1, 0.15) is 24.4 Å². The van der Waals surface area contributed by atoms with Crippen LogP contribution in [0.3, 0.4) is 0 Å². The van der Waals surface area contributed by atoms with Crippen molar-refractivity contribution in [2.24, 2.45) is 7.05 Å². The van der Waals surface area contributed by atoms with Crippen molar-refractivity contribution >= 4 is 6.03 Å². The Morgan fingerprint density at radius 3 is 2.89 bits per heavy atom. The number of rotatable bonds is 6. The number of morpholine rings is 1. The van der Waals surface area contributed by atoms with Gasteiger partial charge in [-0.15, -0.1) is 10.2 Å². The second-order valence-corrected chi connectivity index (χ2v) is 6.60. The minimum Gasteiger partial charge on any atom is -0.374 e. The summed E-state index contributed by atoms with van der Waals surface area (Å²) >= 11 is 0. The number of urea groups is 1. The number of amides is 2. The van der Waals surface area contributed by atoms with Crippen molar-refractivity contribution in [1.82, 2.24) is 35.7 Å². The molecule has 2 aromatic rings. The van der Waals surface area contributed by atoms with Gasteiger partial charge in [0.05, 0.1) is 26.3 Å². The van der Waals surface area contributed by atoms with Gasteiger partial charge in [-0.05, 0) is 29.8 Å². The van der Waals surface area contributed by atoms with Crippen molar-refractivity contribution in [3.63, 3.8) is 0 Å². The van der Waals surface area contributed by atoms with Crippen LogP contribution >= 0.6 is 0 Å². The summed E-state index contributed by atoms with van der Waals surface area (Å²) < 4.78 is 32.3. The molecule has 0 aliphatic carbocycles. The fourth-order valence-electron chi connectivity index (χ4n) is 3.02. The van der Waals surface area contributed by atoms with Crippen LogP contribution in [-0.2, 0) is 18.3 Å². The Morgan fingerprint density at radius 2 is 2.18 bits per heavy atom. The van der Waals surface area contributed by atoms with Crippen molar-refractivity contribution in [1.29, 1.82) is 0 Å². The van der Waals surface area contributed by atoms with Crippen LogP contribution in [0, 0.1) is 11.6 Å². The molecule has 1 unspecified atom stereocenters. The lowest BCUT2D eigenvalue weighted by atomic mass is 10.1. The van der Waals surface area contributed by atoms with Crippen LogP contribution in [-0.4, -0.2) is 63.5 Å². The summed E-state index contributed by atoms with van der Waals surface area (Å²) in [6.07, 6.45) is -0.207. The molecule has 0 saturated carbocycles. The van der Waals surface area contributed by atoms with Gasteiger partial charge < -0.3 is 15.4 Å². The Hall–Kier alpha value is -2.66. The molecule has 1 fully saturated rings. The number of aryl methyl sites for hydroxylation is 1. The van der Waals surface area contributed by atoms with Crippen molar-refractivity contribution in [2.45, 2.75) is 25.6 Å². The van der Waals surface area contributed by atoms with Crippen molar-refractivity contribution in [3.05, 3.63) is 41.2 Å². The standard InChI is InChI=1S/C17H23F2N7O2/c1-11(12-3-4-14(18)15(19)7-12)26-5-6-28-13(10-26)8-20-17(27)21-9-16-22-24-25(2)23-16/h3-4,7,11,13H,5-6,8-10H2,1-2H3,(H2,20,21,27)/t11?,13-/m0/s1. The second kappa shape index (κ2) is 9.02. The number of aromatic nitrogens is 4. The van der Waals surface area contributed by atoms with E-state index in [1.165, 1.54) is 10.9 Å². The highest BCUT2D eigenvalue weighted by Gasteiger charge is 2.25. The highest BCUT2D eigenvalue weighted by Crippen LogP contribution is 2.24. The zero-order chi connectivity index (χ0) is 20.1. The van der Waals surface area contributed by atoms with E-state index in [4.69, 9.17) is 4.74 Å². The first-order valence-electron chi connectivity index (χ1n) is 8.97. The van der Waals surface area contributed by atoms with E-state index in [0.717, 1.165) is 6.07 Å². The molecule has 2 atom stereocenters. The summed E-state index contributed by atoms with van der Waals surface area (Å²) in [4.78, 5) is 15.3. The molecule has 1 aliphatic rings. The number of benzene rings is 1.